The molecule has 1 N–H and O–H groups in total. The summed E-state index contributed by atoms with van der Waals surface area (Å²) in [7, 11) is 7.65. The minimum Gasteiger partial charge on any atom is -0.497 e. The highest BCUT2D eigenvalue weighted by atomic mass is 16.5. The average Bonchev–Trinajstić information content (AvgIpc) is 3.29. The molecule has 176 valence electrons. The molecular formula is C26H31N7O. The van der Waals surface area contributed by atoms with Crippen LogP contribution in [0.15, 0.2) is 78.3 Å². The Kier molecular flexibility index (Phi) is 6.96. The van der Waals surface area contributed by atoms with Crippen LogP contribution in [0.2, 0.25) is 0 Å². The minimum absolute atomic E-state index is 0.0226. The van der Waals surface area contributed by atoms with E-state index in [0.717, 1.165) is 33.7 Å². The van der Waals surface area contributed by atoms with Gasteiger partial charge in [-0.15, -0.1) is 0 Å². The van der Waals surface area contributed by atoms with Crippen molar-refractivity contribution in [2.45, 2.75) is 19.5 Å². The molecule has 0 fully saturated rings. The van der Waals surface area contributed by atoms with E-state index in [2.05, 4.69) is 43.9 Å². The molecule has 0 aliphatic rings. The fourth-order valence-electron chi connectivity index (χ4n) is 3.74. The van der Waals surface area contributed by atoms with Gasteiger partial charge >= 0.3 is 0 Å². The standard InChI is InChI=1S/C26H31N7O/c1-19(21-17-29-32(4)18-21)33-13-12-27-25(30-22-9-7-10-23(15-22)31(2)3)26(33)28-16-20-8-6-11-24(14-20)34-5/h6-15,17-19H,16H2,1-5H3,(H,27,30). The molecule has 8 heteroatoms. The normalized spacial score (nSPS) is 12.4. The SMILES string of the molecule is COc1cccc(CN=c2c(Nc3cccc(N(C)C)c3)nccn2C(C)c2cnn(C)c2)c1. The Hall–Kier alpha value is -4.07. The molecule has 4 aromatic rings. The lowest BCUT2D eigenvalue weighted by atomic mass is 10.2. The summed E-state index contributed by atoms with van der Waals surface area (Å²) < 4.78 is 9.32. The zero-order chi connectivity index (χ0) is 24.1. The Morgan fingerprint density at radius 2 is 1.97 bits per heavy atom. The van der Waals surface area contributed by atoms with E-state index in [-0.39, 0.29) is 6.04 Å². The van der Waals surface area contributed by atoms with Gasteiger partial charge in [-0.2, -0.15) is 5.10 Å². The number of anilines is 3. The second kappa shape index (κ2) is 10.2. The van der Waals surface area contributed by atoms with Gasteiger partial charge in [0.25, 0.3) is 0 Å². The second-order valence-electron chi connectivity index (χ2n) is 8.37. The first-order valence-corrected chi connectivity index (χ1v) is 11.2. The Morgan fingerprint density at radius 3 is 2.71 bits per heavy atom. The number of ether oxygens (including phenoxy) is 1. The molecule has 0 saturated carbocycles. The van der Waals surface area contributed by atoms with Crippen molar-refractivity contribution < 1.29 is 4.74 Å². The van der Waals surface area contributed by atoms with Gasteiger partial charge in [-0.3, -0.25) is 9.67 Å². The summed E-state index contributed by atoms with van der Waals surface area (Å²) >= 11 is 0. The molecule has 2 aromatic heterocycles. The lowest BCUT2D eigenvalue weighted by molar-refractivity contribution is 0.414. The van der Waals surface area contributed by atoms with Gasteiger partial charge in [0.05, 0.1) is 25.9 Å². The molecule has 0 aliphatic heterocycles. The summed E-state index contributed by atoms with van der Waals surface area (Å²) in [5.74, 6) is 1.51. The van der Waals surface area contributed by atoms with E-state index in [0.29, 0.717) is 12.4 Å². The zero-order valence-electron chi connectivity index (χ0n) is 20.3. The van der Waals surface area contributed by atoms with Gasteiger partial charge in [-0.25, -0.2) is 4.98 Å². The van der Waals surface area contributed by atoms with Crippen LogP contribution >= 0.6 is 0 Å². The maximum absolute atomic E-state index is 5.38. The average molecular weight is 458 g/mol. The van der Waals surface area contributed by atoms with Gasteiger partial charge in [-0.05, 0) is 42.8 Å². The lowest BCUT2D eigenvalue weighted by Crippen LogP contribution is -2.28. The highest BCUT2D eigenvalue weighted by molar-refractivity contribution is 5.62. The quantitative estimate of drug-likeness (QED) is 0.430. The third kappa shape index (κ3) is 5.28. The third-order valence-electron chi connectivity index (χ3n) is 5.68. The van der Waals surface area contributed by atoms with Crippen molar-refractivity contribution in [2.24, 2.45) is 12.0 Å². The van der Waals surface area contributed by atoms with Crippen LogP contribution in [0.5, 0.6) is 5.75 Å². The zero-order valence-corrected chi connectivity index (χ0v) is 20.3. The molecule has 0 amide bonds. The fraction of sp³-hybridized carbons (Fsp3) is 0.269. The smallest absolute Gasteiger partial charge is 0.173 e. The monoisotopic (exact) mass is 457 g/mol. The van der Waals surface area contributed by atoms with Crippen molar-refractivity contribution in [3.05, 3.63) is 89.9 Å². The number of benzene rings is 2. The molecule has 2 heterocycles. The second-order valence-corrected chi connectivity index (χ2v) is 8.37. The highest BCUT2D eigenvalue weighted by Crippen LogP contribution is 2.21. The molecule has 0 spiro atoms. The fourth-order valence-corrected chi connectivity index (χ4v) is 3.74. The summed E-state index contributed by atoms with van der Waals surface area (Å²) in [4.78, 5) is 11.7. The van der Waals surface area contributed by atoms with Crippen LogP contribution in [-0.2, 0) is 13.6 Å². The Balaban J connectivity index is 1.78. The summed E-state index contributed by atoms with van der Waals surface area (Å²) in [6.07, 6.45) is 7.67. The molecule has 0 saturated heterocycles. The summed E-state index contributed by atoms with van der Waals surface area (Å²) in [6, 6.07) is 16.2. The minimum atomic E-state index is 0.0226. The number of methoxy groups -OCH3 is 1. The molecule has 0 bridgehead atoms. The summed E-state index contributed by atoms with van der Waals surface area (Å²) in [5, 5.41) is 7.83. The van der Waals surface area contributed by atoms with E-state index in [4.69, 9.17) is 9.73 Å². The van der Waals surface area contributed by atoms with Gasteiger partial charge in [0, 0.05) is 56.7 Å². The maximum Gasteiger partial charge on any atom is 0.173 e. The van der Waals surface area contributed by atoms with Gasteiger partial charge in [0.15, 0.2) is 11.3 Å². The molecule has 0 radical (unpaired) electrons. The van der Waals surface area contributed by atoms with E-state index < -0.39 is 0 Å². The van der Waals surface area contributed by atoms with Crippen LogP contribution in [0.1, 0.15) is 24.1 Å². The summed E-state index contributed by atoms with van der Waals surface area (Å²) in [5.41, 5.74) is 4.97. The highest BCUT2D eigenvalue weighted by Gasteiger charge is 2.13. The van der Waals surface area contributed by atoms with Crippen molar-refractivity contribution in [3.8, 4) is 5.75 Å². The summed E-state index contributed by atoms with van der Waals surface area (Å²) in [6.45, 7) is 2.63. The number of hydrogen-bond donors (Lipinski definition) is 1. The van der Waals surface area contributed by atoms with Gasteiger partial charge in [0.1, 0.15) is 5.75 Å². The van der Waals surface area contributed by atoms with E-state index >= 15 is 0 Å². The molecule has 34 heavy (non-hydrogen) atoms. The molecule has 4 rings (SSSR count). The first-order chi connectivity index (χ1) is 16.4. The van der Waals surface area contributed by atoms with Crippen LogP contribution in [-0.4, -0.2) is 40.5 Å². The first-order valence-electron chi connectivity index (χ1n) is 11.2. The Bertz CT molecular complexity index is 1320. The predicted octanol–water partition coefficient (Wildman–Crippen LogP) is 4.15. The van der Waals surface area contributed by atoms with Crippen LogP contribution in [0.3, 0.4) is 0 Å². The van der Waals surface area contributed by atoms with Crippen molar-refractivity contribution in [1.29, 1.82) is 0 Å². The number of aromatic nitrogens is 4. The largest absolute Gasteiger partial charge is 0.497 e. The van der Waals surface area contributed by atoms with Gasteiger partial charge in [0.2, 0.25) is 0 Å². The predicted molar refractivity (Wildman–Crippen MR) is 136 cm³/mol. The molecule has 2 aromatic carbocycles. The maximum atomic E-state index is 5.38. The number of nitrogens with zero attached hydrogens (tertiary/aromatic N) is 6. The van der Waals surface area contributed by atoms with Crippen molar-refractivity contribution in [3.63, 3.8) is 0 Å². The molecule has 1 unspecified atom stereocenters. The lowest BCUT2D eigenvalue weighted by Gasteiger charge is -2.18. The van der Waals surface area contributed by atoms with E-state index in [1.807, 2.05) is 80.8 Å². The van der Waals surface area contributed by atoms with Crippen molar-refractivity contribution in [1.82, 2.24) is 19.3 Å². The Labute approximate surface area is 200 Å². The van der Waals surface area contributed by atoms with Crippen LogP contribution in [0, 0.1) is 0 Å². The molecular weight excluding hydrogens is 426 g/mol. The third-order valence-corrected chi connectivity index (χ3v) is 5.68. The van der Waals surface area contributed by atoms with E-state index in [1.54, 1.807) is 13.3 Å². The first kappa shape index (κ1) is 23.1. The van der Waals surface area contributed by atoms with Crippen LogP contribution < -0.4 is 20.4 Å². The van der Waals surface area contributed by atoms with E-state index in [9.17, 15) is 0 Å². The van der Waals surface area contributed by atoms with Gasteiger partial charge in [-0.1, -0.05) is 18.2 Å². The number of nitrogens with one attached hydrogen (secondary N) is 1. The van der Waals surface area contributed by atoms with E-state index in [1.165, 1.54) is 0 Å². The van der Waals surface area contributed by atoms with Crippen molar-refractivity contribution in [2.75, 3.05) is 31.4 Å². The van der Waals surface area contributed by atoms with Crippen molar-refractivity contribution >= 4 is 17.2 Å². The number of hydrogen-bond acceptors (Lipinski definition) is 6. The molecule has 1 atom stereocenters. The number of rotatable bonds is 8. The van der Waals surface area contributed by atoms with Crippen LogP contribution in [0.25, 0.3) is 0 Å². The molecule has 8 nitrogen and oxygen atoms in total. The van der Waals surface area contributed by atoms with Gasteiger partial charge < -0.3 is 19.5 Å². The number of aryl methyl sites for hydroxylation is 1. The molecule has 0 aliphatic carbocycles. The van der Waals surface area contributed by atoms with Crippen LogP contribution in [0.4, 0.5) is 17.2 Å². The Morgan fingerprint density at radius 1 is 1.15 bits per heavy atom. The topological polar surface area (TPSA) is 72.5 Å².